The van der Waals surface area contributed by atoms with Crippen molar-refractivity contribution in [1.29, 1.82) is 0 Å². The summed E-state index contributed by atoms with van der Waals surface area (Å²) in [5, 5.41) is 3.75. The highest BCUT2D eigenvalue weighted by molar-refractivity contribution is 4.88. The molecule has 3 nitrogen and oxygen atoms in total. The molecule has 0 radical (unpaired) electrons. The van der Waals surface area contributed by atoms with E-state index in [2.05, 4.69) is 17.1 Å². The summed E-state index contributed by atoms with van der Waals surface area (Å²) in [7, 11) is 1.86. The fourth-order valence-electron chi connectivity index (χ4n) is 3.85. The average Bonchev–Trinajstić information content (AvgIpc) is 2.43. The minimum absolute atomic E-state index is 0.502. The van der Waals surface area contributed by atoms with Gasteiger partial charge in [-0.05, 0) is 32.2 Å². The average molecular weight is 268 g/mol. The second kappa shape index (κ2) is 8.23. The van der Waals surface area contributed by atoms with Crippen molar-refractivity contribution in [3.8, 4) is 0 Å². The first-order valence-corrected chi connectivity index (χ1v) is 8.35. The number of piperidine rings is 1. The van der Waals surface area contributed by atoms with Gasteiger partial charge in [0, 0.05) is 32.3 Å². The largest absolute Gasteiger partial charge is 0.381 e. The first kappa shape index (κ1) is 15.3. The molecule has 2 rings (SSSR count). The Labute approximate surface area is 119 Å². The minimum atomic E-state index is 0.502. The molecule has 1 heterocycles. The van der Waals surface area contributed by atoms with Gasteiger partial charge in [-0.2, -0.15) is 0 Å². The van der Waals surface area contributed by atoms with E-state index in [4.69, 9.17) is 4.74 Å². The van der Waals surface area contributed by atoms with Crippen LogP contribution in [0.4, 0.5) is 0 Å². The number of ether oxygens (including phenoxy) is 1. The molecule has 0 aromatic carbocycles. The molecule has 19 heavy (non-hydrogen) atoms. The third-order valence-electron chi connectivity index (χ3n) is 4.97. The maximum atomic E-state index is 5.50. The number of likely N-dealkylation sites (N-methyl/N-ethyl adjacent to an activating group) is 1. The maximum absolute atomic E-state index is 5.50. The number of rotatable bonds is 4. The van der Waals surface area contributed by atoms with E-state index >= 15 is 0 Å². The van der Waals surface area contributed by atoms with Crippen molar-refractivity contribution < 1.29 is 4.74 Å². The van der Waals surface area contributed by atoms with Gasteiger partial charge >= 0.3 is 0 Å². The van der Waals surface area contributed by atoms with Gasteiger partial charge in [0.15, 0.2) is 0 Å². The first-order chi connectivity index (χ1) is 9.35. The normalized spacial score (nSPS) is 31.9. The molecule has 3 heteroatoms. The summed E-state index contributed by atoms with van der Waals surface area (Å²) in [6.45, 7) is 5.80. The topological polar surface area (TPSA) is 24.5 Å². The van der Waals surface area contributed by atoms with Crippen LogP contribution in [0.5, 0.6) is 0 Å². The molecule has 2 atom stereocenters. The van der Waals surface area contributed by atoms with Gasteiger partial charge in [-0.1, -0.05) is 32.6 Å². The molecule has 0 bridgehead atoms. The molecule has 2 unspecified atom stereocenters. The van der Waals surface area contributed by atoms with E-state index < -0.39 is 0 Å². The van der Waals surface area contributed by atoms with Gasteiger partial charge in [0.1, 0.15) is 0 Å². The van der Waals surface area contributed by atoms with Gasteiger partial charge in [0.25, 0.3) is 0 Å². The molecule has 2 fully saturated rings. The van der Waals surface area contributed by atoms with Crippen LogP contribution in [0.15, 0.2) is 0 Å². The van der Waals surface area contributed by atoms with E-state index in [1.165, 1.54) is 64.5 Å². The zero-order chi connectivity index (χ0) is 13.5. The highest BCUT2D eigenvalue weighted by Crippen LogP contribution is 2.25. The predicted octanol–water partition coefficient (Wildman–Crippen LogP) is 2.80. The summed E-state index contributed by atoms with van der Waals surface area (Å²) in [6, 6.07) is 1.47. The SMILES string of the molecule is CCNC1CCCCCCC1N1CCC(OC)CC1. The number of likely N-dealkylation sites (tertiary alicyclic amines) is 1. The number of hydrogen-bond acceptors (Lipinski definition) is 3. The number of nitrogens with zero attached hydrogens (tertiary/aromatic N) is 1. The third-order valence-corrected chi connectivity index (χ3v) is 4.97. The molecule has 1 aliphatic heterocycles. The molecule has 1 saturated carbocycles. The van der Waals surface area contributed by atoms with Crippen LogP contribution in [0.3, 0.4) is 0 Å². The Hall–Kier alpha value is -0.120. The highest BCUT2D eigenvalue weighted by atomic mass is 16.5. The molecule has 0 spiro atoms. The van der Waals surface area contributed by atoms with Gasteiger partial charge in [-0.15, -0.1) is 0 Å². The van der Waals surface area contributed by atoms with E-state index in [-0.39, 0.29) is 0 Å². The standard InChI is InChI=1S/C16H32N2O/c1-3-17-15-8-6-4-5-7-9-16(15)18-12-10-14(19-2)11-13-18/h14-17H,3-13H2,1-2H3. The van der Waals surface area contributed by atoms with E-state index in [9.17, 15) is 0 Å². The Morgan fingerprint density at radius 2 is 1.68 bits per heavy atom. The molecular formula is C16H32N2O. The lowest BCUT2D eigenvalue weighted by Crippen LogP contribution is -2.53. The quantitative estimate of drug-likeness (QED) is 0.848. The summed E-state index contributed by atoms with van der Waals surface area (Å²) < 4.78 is 5.50. The van der Waals surface area contributed by atoms with Gasteiger partial charge < -0.3 is 10.1 Å². The fourth-order valence-corrected chi connectivity index (χ4v) is 3.85. The van der Waals surface area contributed by atoms with Crippen LogP contribution in [0.2, 0.25) is 0 Å². The third kappa shape index (κ3) is 4.44. The van der Waals surface area contributed by atoms with Crippen molar-refractivity contribution in [1.82, 2.24) is 10.2 Å². The van der Waals surface area contributed by atoms with Crippen molar-refractivity contribution in [3.63, 3.8) is 0 Å². The second-order valence-corrected chi connectivity index (χ2v) is 6.19. The van der Waals surface area contributed by atoms with Crippen LogP contribution in [-0.4, -0.2) is 49.8 Å². The number of hydrogen-bond donors (Lipinski definition) is 1. The van der Waals surface area contributed by atoms with Crippen molar-refractivity contribution in [2.24, 2.45) is 0 Å². The van der Waals surface area contributed by atoms with Crippen molar-refractivity contribution in [2.75, 3.05) is 26.7 Å². The molecule has 1 N–H and O–H groups in total. The van der Waals surface area contributed by atoms with Crippen LogP contribution in [0.1, 0.15) is 58.3 Å². The first-order valence-electron chi connectivity index (χ1n) is 8.35. The van der Waals surface area contributed by atoms with E-state index in [0.717, 1.165) is 12.6 Å². The van der Waals surface area contributed by atoms with E-state index in [1.807, 2.05) is 7.11 Å². The summed E-state index contributed by atoms with van der Waals surface area (Å²) >= 11 is 0. The molecule has 0 amide bonds. The molecule has 112 valence electrons. The summed E-state index contributed by atoms with van der Waals surface area (Å²) in [4.78, 5) is 2.74. The molecule has 1 aliphatic carbocycles. The number of nitrogens with one attached hydrogen (secondary N) is 1. The van der Waals surface area contributed by atoms with Gasteiger partial charge in [0.05, 0.1) is 6.10 Å². The Bertz CT molecular complexity index is 239. The highest BCUT2D eigenvalue weighted by Gasteiger charge is 2.30. The van der Waals surface area contributed by atoms with Crippen molar-refractivity contribution in [2.45, 2.75) is 76.5 Å². The van der Waals surface area contributed by atoms with Crippen LogP contribution >= 0.6 is 0 Å². The van der Waals surface area contributed by atoms with Crippen LogP contribution < -0.4 is 5.32 Å². The molecule has 0 aromatic heterocycles. The molecular weight excluding hydrogens is 236 g/mol. The lowest BCUT2D eigenvalue weighted by molar-refractivity contribution is 0.0166. The minimum Gasteiger partial charge on any atom is -0.381 e. The van der Waals surface area contributed by atoms with E-state index in [1.54, 1.807) is 0 Å². The van der Waals surface area contributed by atoms with Gasteiger partial charge in [-0.3, -0.25) is 4.90 Å². The van der Waals surface area contributed by atoms with Crippen molar-refractivity contribution >= 4 is 0 Å². The zero-order valence-corrected chi connectivity index (χ0v) is 12.9. The van der Waals surface area contributed by atoms with Crippen LogP contribution in [-0.2, 0) is 4.74 Å². The summed E-state index contributed by atoms with van der Waals surface area (Å²) in [5.41, 5.74) is 0. The lowest BCUT2D eigenvalue weighted by Gasteiger charge is -2.42. The Morgan fingerprint density at radius 3 is 2.32 bits per heavy atom. The Morgan fingerprint density at radius 1 is 1.00 bits per heavy atom. The molecule has 1 saturated heterocycles. The summed E-state index contributed by atoms with van der Waals surface area (Å²) in [5.74, 6) is 0. The summed E-state index contributed by atoms with van der Waals surface area (Å²) in [6.07, 6.45) is 11.4. The van der Waals surface area contributed by atoms with Crippen LogP contribution in [0.25, 0.3) is 0 Å². The smallest absolute Gasteiger partial charge is 0.0595 e. The second-order valence-electron chi connectivity index (χ2n) is 6.19. The Kier molecular flexibility index (Phi) is 6.62. The van der Waals surface area contributed by atoms with E-state index in [0.29, 0.717) is 12.1 Å². The van der Waals surface area contributed by atoms with Gasteiger partial charge in [-0.25, -0.2) is 0 Å². The van der Waals surface area contributed by atoms with Crippen LogP contribution in [0, 0.1) is 0 Å². The Balaban J connectivity index is 1.92. The number of methoxy groups -OCH3 is 1. The lowest BCUT2D eigenvalue weighted by atomic mass is 9.89. The fraction of sp³-hybridized carbons (Fsp3) is 1.00. The molecule has 0 aromatic rings. The molecule has 2 aliphatic rings. The monoisotopic (exact) mass is 268 g/mol. The zero-order valence-electron chi connectivity index (χ0n) is 12.9. The van der Waals surface area contributed by atoms with Gasteiger partial charge in [0.2, 0.25) is 0 Å². The maximum Gasteiger partial charge on any atom is 0.0595 e. The predicted molar refractivity (Wildman–Crippen MR) is 80.6 cm³/mol. The van der Waals surface area contributed by atoms with Crippen molar-refractivity contribution in [3.05, 3.63) is 0 Å².